The Hall–Kier alpha value is -3.02. The first kappa shape index (κ1) is 18.3. The van der Waals surface area contributed by atoms with E-state index in [0.717, 1.165) is 11.1 Å². The Balaban J connectivity index is 1.92. The molecule has 25 heavy (non-hydrogen) atoms. The zero-order valence-corrected chi connectivity index (χ0v) is 14.7. The predicted molar refractivity (Wildman–Crippen MR) is 97.9 cm³/mol. The summed E-state index contributed by atoms with van der Waals surface area (Å²) in [6.07, 6.45) is 0.168. The molecule has 0 fully saturated rings. The van der Waals surface area contributed by atoms with E-state index in [1.165, 1.54) is 5.56 Å². The second kappa shape index (κ2) is 8.73. The van der Waals surface area contributed by atoms with Gasteiger partial charge in [0.15, 0.2) is 17.5 Å². The Bertz CT molecular complexity index is 755. The number of carbonyl (C=O) groups excluding carboxylic acids is 1. The number of hydrogen-bond donors (Lipinski definition) is 2. The molecule has 0 radical (unpaired) electrons. The molecule has 0 unspecified atom stereocenters. The van der Waals surface area contributed by atoms with Crippen molar-refractivity contribution in [3.05, 3.63) is 59.2 Å². The van der Waals surface area contributed by atoms with Crippen LogP contribution in [0.3, 0.4) is 0 Å². The number of carbonyl (C=O) groups is 1. The van der Waals surface area contributed by atoms with Crippen LogP contribution in [-0.2, 0) is 17.8 Å². The van der Waals surface area contributed by atoms with Crippen LogP contribution in [0, 0.1) is 6.92 Å². The van der Waals surface area contributed by atoms with Crippen molar-refractivity contribution in [3.8, 4) is 11.5 Å². The van der Waals surface area contributed by atoms with Gasteiger partial charge in [-0.3, -0.25) is 10.1 Å². The van der Waals surface area contributed by atoms with Gasteiger partial charge in [-0.1, -0.05) is 35.9 Å². The van der Waals surface area contributed by atoms with E-state index < -0.39 is 0 Å². The summed E-state index contributed by atoms with van der Waals surface area (Å²) in [6.45, 7) is 2.44. The summed E-state index contributed by atoms with van der Waals surface area (Å²) in [7, 11) is 3.12. The van der Waals surface area contributed by atoms with Crippen LogP contribution >= 0.6 is 0 Å². The third-order valence-electron chi connectivity index (χ3n) is 3.63. The van der Waals surface area contributed by atoms with Crippen molar-refractivity contribution in [2.24, 2.45) is 10.7 Å². The van der Waals surface area contributed by atoms with Gasteiger partial charge in [-0.05, 0) is 30.2 Å². The minimum absolute atomic E-state index is 0.103. The van der Waals surface area contributed by atoms with Crippen molar-refractivity contribution in [3.63, 3.8) is 0 Å². The third kappa shape index (κ3) is 5.53. The highest BCUT2D eigenvalue weighted by Crippen LogP contribution is 2.27. The summed E-state index contributed by atoms with van der Waals surface area (Å²) >= 11 is 0. The van der Waals surface area contributed by atoms with E-state index in [0.29, 0.717) is 18.0 Å². The predicted octanol–water partition coefficient (Wildman–Crippen LogP) is 2.19. The van der Waals surface area contributed by atoms with Crippen LogP contribution in [0.1, 0.15) is 16.7 Å². The van der Waals surface area contributed by atoms with Crippen LogP contribution in [0.25, 0.3) is 0 Å². The lowest BCUT2D eigenvalue weighted by atomic mass is 10.1. The Labute approximate surface area is 147 Å². The molecule has 0 aromatic heterocycles. The molecular formula is C19H23N3O3. The lowest BCUT2D eigenvalue weighted by Crippen LogP contribution is -2.37. The molecule has 2 aromatic carbocycles. The van der Waals surface area contributed by atoms with Crippen molar-refractivity contribution < 1.29 is 14.3 Å². The summed E-state index contributed by atoms with van der Waals surface area (Å²) in [4.78, 5) is 16.3. The summed E-state index contributed by atoms with van der Waals surface area (Å²) < 4.78 is 10.4. The van der Waals surface area contributed by atoms with Crippen molar-refractivity contribution in [1.82, 2.24) is 5.32 Å². The quantitative estimate of drug-likeness (QED) is 0.623. The molecule has 132 valence electrons. The lowest BCUT2D eigenvalue weighted by molar-refractivity contribution is -0.119. The molecule has 1 amide bonds. The van der Waals surface area contributed by atoms with Crippen molar-refractivity contribution in [2.45, 2.75) is 19.9 Å². The van der Waals surface area contributed by atoms with Crippen LogP contribution in [0.15, 0.2) is 47.5 Å². The van der Waals surface area contributed by atoms with Crippen molar-refractivity contribution in [2.75, 3.05) is 14.2 Å². The van der Waals surface area contributed by atoms with E-state index in [1.807, 2.05) is 31.2 Å². The van der Waals surface area contributed by atoms with Gasteiger partial charge in [-0.2, -0.15) is 0 Å². The monoisotopic (exact) mass is 341 g/mol. The number of aryl methyl sites for hydroxylation is 1. The third-order valence-corrected chi connectivity index (χ3v) is 3.63. The number of hydrogen-bond acceptors (Lipinski definition) is 4. The number of nitrogens with two attached hydrogens (primary N) is 1. The van der Waals surface area contributed by atoms with Crippen molar-refractivity contribution >= 4 is 11.9 Å². The fraction of sp³-hybridized carbons (Fsp3) is 0.263. The molecule has 6 nitrogen and oxygen atoms in total. The lowest BCUT2D eigenvalue weighted by Gasteiger charge is -2.09. The van der Waals surface area contributed by atoms with Crippen LogP contribution in [-0.4, -0.2) is 26.1 Å². The highest BCUT2D eigenvalue weighted by atomic mass is 16.5. The first-order valence-corrected chi connectivity index (χ1v) is 7.88. The highest BCUT2D eigenvalue weighted by Gasteiger charge is 2.09. The number of nitrogens with zero attached hydrogens (tertiary/aromatic N) is 1. The van der Waals surface area contributed by atoms with Gasteiger partial charge < -0.3 is 15.2 Å². The second-order valence-electron chi connectivity index (χ2n) is 5.60. The molecular weight excluding hydrogens is 318 g/mol. The van der Waals surface area contributed by atoms with E-state index in [-0.39, 0.29) is 18.3 Å². The van der Waals surface area contributed by atoms with Crippen LogP contribution in [0.2, 0.25) is 0 Å². The molecule has 0 atom stereocenters. The molecule has 2 rings (SSSR count). The largest absolute Gasteiger partial charge is 0.493 e. The van der Waals surface area contributed by atoms with Gasteiger partial charge in [0.2, 0.25) is 5.91 Å². The minimum Gasteiger partial charge on any atom is -0.493 e. The Morgan fingerprint density at radius 1 is 1.04 bits per heavy atom. The molecule has 0 aliphatic heterocycles. The maximum atomic E-state index is 12.1. The summed E-state index contributed by atoms with van der Waals surface area (Å²) in [5.41, 5.74) is 8.79. The molecule has 2 aromatic rings. The maximum Gasteiger partial charge on any atom is 0.231 e. The fourth-order valence-corrected chi connectivity index (χ4v) is 2.27. The topological polar surface area (TPSA) is 85.9 Å². The van der Waals surface area contributed by atoms with Gasteiger partial charge in [0.1, 0.15) is 0 Å². The first-order valence-electron chi connectivity index (χ1n) is 7.88. The number of methoxy groups -OCH3 is 2. The molecule has 3 N–H and O–H groups in total. The molecule has 0 saturated carbocycles. The summed E-state index contributed by atoms with van der Waals surface area (Å²) in [5.74, 6) is 1.06. The van der Waals surface area contributed by atoms with Gasteiger partial charge in [0.05, 0.1) is 27.2 Å². The van der Waals surface area contributed by atoms with Crippen LogP contribution in [0.4, 0.5) is 0 Å². The molecule has 6 heteroatoms. The van der Waals surface area contributed by atoms with E-state index in [2.05, 4.69) is 10.3 Å². The summed E-state index contributed by atoms with van der Waals surface area (Å²) in [6, 6.07) is 13.3. The number of rotatable bonds is 6. The maximum absolute atomic E-state index is 12.1. The Morgan fingerprint density at radius 3 is 2.32 bits per heavy atom. The molecule has 0 aliphatic rings. The standard InChI is InChI=1S/C19H23N3O3/c1-13-4-6-14(7-5-13)12-21-19(20)22-18(23)11-15-8-9-16(24-2)17(10-15)25-3/h4-10H,11-12H2,1-3H3,(H3,20,21,22,23). The van der Waals surface area contributed by atoms with Crippen LogP contribution < -0.4 is 20.5 Å². The summed E-state index contributed by atoms with van der Waals surface area (Å²) in [5, 5.41) is 2.59. The zero-order chi connectivity index (χ0) is 18.2. The molecule has 0 heterocycles. The number of ether oxygens (including phenoxy) is 2. The number of nitrogens with one attached hydrogen (secondary N) is 1. The van der Waals surface area contributed by atoms with Gasteiger partial charge in [0, 0.05) is 0 Å². The Morgan fingerprint density at radius 2 is 1.68 bits per heavy atom. The van der Waals surface area contributed by atoms with E-state index in [4.69, 9.17) is 15.2 Å². The second-order valence-corrected chi connectivity index (χ2v) is 5.60. The zero-order valence-electron chi connectivity index (χ0n) is 14.7. The van der Waals surface area contributed by atoms with Gasteiger partial charge in [-0.25, -0.2) is 4.99 Å². The average molecular weight is 341 g/mol. The fourth-order valence-electron chi connectivity index (χ4n) is 2.27. The SMILES string of the molecule is COc1ccc(CC(=O)NC(N)=NCc2ccc(C)cc2)cc1OC. The molecule has 0 aliphatic carbocycles. The average Bonchev–Trinajstić information content (AvgIpc) is 2.61. The minimum atomic E-state index is -0.239. The van der Waals surface area contributed by atoms with E-state index in [9.17, 15) is 4.79 Å². The van der Waals surface area contributed by atoms with Gasteiger partial charge in [0.25, 0.3) is 0 Å². The van der Waals surface area contributed by atoms with E-state index >= 15 is 0 Å². The smallest absolute Gasteiger partial charge is 0.231 e. The first-order chi connectivity index (χ1) is 12.0. The molecule has 0 bridgehead atoms. The number of guanidine groups is 1. The van der Waals surface area contributed by atoms with E-state index in [1.54, 1.807) is 32.4 Å². The normalized spacial score (nSPS) is 11.1. The highest BCUT2D eigenvalue weighted by molar-refractivity contribution is 5.97. The molecule has 0 saturated heterocycles. The van der Waals surface area contributed by atoms with Gasteiger partial charge >= 0.3 is 0 Å². The number of aliphatic imine (C=N–C) groups is 1. The van der Waals surface area contributed by atoms with Crippen molar-refractivity contribution in [1.29, 1.82) is 0 Å². The number of benzene rings is 2. The van der Waals surface area contributed by atoms with Gasteiger partial charge in [-0.15, -0.1) is 0 Å². The Kier molecular flexibility index (Phi) is 6.39. The van der Waals surface area contributed by atoms with Crippen LogP contribution in [0.5, 0.6) is 11.5 Å². The molecule has 0 spiro atoms. The number of amides is 1.